The van der Waals surface area contributed by atoms with Crippen molar-refractivity contribution in [1.82, 2.24) is 20.7 Å². The highest BCUT2D eigenvalue weighted by Crippen LogP contribution is 2.06. The minimum atomic E-state index is -3.14. The average Bonchev–Trinajstić information content (AvgIpc) is 2.52. The molecule has 11 heteroatoms. The predicted molar refractivity (Wildman–Crippen MR) is 120 cm³/mol. The molecule has 0 aliphatic carbocycles. The zero-order valence-electron chi connectivity index (χ0n) is 17.1. The summed E-state index contributed by atoms with van der Waals surface area (Å²) < 4.78 is 30.3. The number of ether oxygens (including phenoxy) is 1. The number of alkyl carbamates (subject to hydrolysis) is 1. The summed E-state index contributed by atoms with van der Waals surface area (Å²) in [5, 5.41) is 8.96. The lowest BCUT2D eigenvalue weighted by Crippen LogP contribution is -2.39. The van der Waals surface area contributed by atoms with Crippen LogP contribution in [0.4, 0.5) is 4.79 Å². The number of carbonyl (C=O) groups excluding carboxylic acids is 1. The van der Waals surface area contributed by atoms with E-state index in [2.05, 4.69) is 25.7 Å². The summed E-state index contributed by atoms with van der Waals surface area (Å²) in [6.45, 7) is 11.8. The zero-order valence-corrected chi connectivity index (χ0v) is 20.2. The summed E-state index contributed by atoms with van der Waals surface area (Å²) >= 11 is 0. The molecule has 0 fully saturated rings. The number of nitrogens with one attached hydrogen (secondary N) is 4. The molecule has 0 saturated carbocycles. The SMILES string of the molecule is CCNC(=NCCCNC(=O)OC(C)(C)C)NCCCNS(=O)(=O)CC.I. The van der Waals surface area contributed by atoms with Crippen LogP contribution in [0.3, 0.4) is 0 Å². The number of hydrogen-bond donors (Lipinski definition) is 4. The molecule has 0 aromatic heterocycles. The van der Waals surface area contributed by atoms with Gasteiger partial charge in [-0.3, -0.25) is 4.99 Å². The smallest absolute Gasteiger partial charge is 0.407 e. The molecule has 162 valence electrons. The maximum absolute atomic E-state index is 11.5. The molecule has 0 aliphatic heterocycles. The first-order chi connectivity index (χ1) is 12.1. The molecule has 1 amide bonds. The third-order valence-corrected chi connectivity index (χ3v) is 4.37. The van der Waals surface area contributed by atoms with Crippen molar-refractivity contribution in [1.29, 1.82) is 0 Å². The molecule has 0 bridgehead atoms. The van der Waals surface area contributed by atoms with Gasteiger partial charge in [-0.05, 0) is 47.5 Å². The Morgan fingerprint density at radius 3 is 2.19 bits per heavy atom. The molecular formula is C16H36IN5O4S. The van der Waals surface area contributed by atoms with Crippen LogP contribution in [0.5, 0.6) is 0 Å². The fourth-order valence-electron chi connectivity index (χ4n) is 1.74. The first-order valence-electron chi connectivity index (χ1n) is 9.06. The number of nitrogens with zero attached hydrogens (tertiary/aromatic N) is 1. The van der Waals surface area contributed by atoms with Gasteiger partial charge in [-0.25, -0.2) is 17.9 Å². The normalized spacial score (nSPS) is 12.1. The zero-order chi connectivity index (χ0) is 20.1. The second-order valence-corrected chi connectivity index (χ2v) is 8.72. The number of amides is 1. The number of hydrogen-bond acceptors (Lipinski definition) is 5. The summed E-state index contributed by atoms with van der Waals surface area (Å²) in [4.78, 5) is 15.9. The lowest BCUT2D eigenvalue weighted by Gasteiger charge is -2.19. The summed E-state index contributed by atoms with van der Waals surface area (Å²) in [6, 6.07) is 0. The van der Waals surface area contributed by atoms with E-state index < -0.39 is 21.7 Å². The van der Waals surface area contributed by atoms with Crippen molar-refractivity contribution in [2.45, 2.75) is 53.1 Å². The molecule has 0 rings (SSSR count). The van der Waals surface area contributed by atoms with E-state index in [0.717, 1.165) is 6.54 Å². The van der Waals surface area contributed by atoms with Crippen molar-refractivity contribution in [3.8, 4) is 0 Å². The van der Waals surface area contributed by atoms with E-state index in [1.165, 1.54) is 0 Å². The second-order valence-electron chi connectivity index (χ2n) is 6.62. The third kappa shape index (κ3) is 18.3. The predicted octanol–water partition coefficient (Wildman–Crippen LogP) is 1.40. The van der Waals surface area contributed by atoms with Gasteiger partial charge < -0.3 is 20.7 Å². The second kappa shape index (κ2) is 15.1. The van der Waals surface area contributed by atoms with Gasteiger partial charge in [-0.15, -0.1) is 24.0 Å². The Bertz CT molecular complexity index is 535. The summed E-state index contributed by atoms with van der Waals surface area (Å²) in [5.74, 6) is 0.755. The van der Waals surface area contributed by atoms with Crippen LogP contribution in [-0.4, -0.2) is 64.5 Å². The van der Waals surface area contributed by atoms with Gasteiger partial charge in [0.2, 0.25) is 10.0 Å². The Morgan fingerprint density at radius 1 is 1.00 bits per heavy atom. The van der Waals surface area contributed by atoms with Gasteiger partial charge in [-0.2, -0.15) is 0 Å². The molecule has 0 radical (unpaired) electrons. The number of sulfonamides is 1. The number of halogens is 1. The minimum absolute atomic E-state index is 0. The van der Waals surface area contributed by atoms with Crippen LogP contribution in [-0.2, 0) is 14.8 Å². The van der Waals surface area contributed by atoms with Gasteiger partial charge in [0.05, 0.1) is 5.75 Å². The Morgan fingerprint density at radius 2 is 1.63 bits per heavy atom. The Balaban J connectivity index is 0. The molecule has 9 nitrogen and oxygen atoms in total. The van der Waals surface area contributed by atoms with Crippen molar-refractivity contribution in [3.63, 3.8) is 0 Å². The average molecular weight is 521 g/mol. The van der Waals surface area contributed by atoms with Crippen LogP contribution >= 0.6 is 24.0 Å². The molecule has 0 unspecified atom stereocenters. The topological polar surface area (TPSA) is 121 Å². The summed E-state index contributed by atoms with van der Waals surface area (Å²) in [7, 11) is -3.14. The van der Waals surface area contributed by atoms with E-state index in [9.17, 15) is 13.2 Å². The summed E-state index contributed by atoms with van der Waals surface area (Å²) in [6.07, 6.45) is 0.914. The molecule has 0 spiro atoms. The molecule has 4 N–H and O–H groups in total. The third-order valence-electron chi connectivity index (χ3n) is 2.97. The molecular weight excluding hydrogens is 485 g/mol. The van der Waals surface area contributed by atoms with Gasteiger partial charge in [0.25, 0.3) is 0 Å². The number of rotatable bonds is 11. The van der Waals surface area contributed by atoms with Crippen molar-refractivity contribution in [3.05, 3.63) is 0 Å². The largest absolute Gasteiger partial charge is 0.444 e. The molecule has 0 saturated heterocycles. The molecule has 0 aliphatic rings. The quantitative estimate of drug-likeness (QED) is 0.141. The maximum atomic E-state index is 11.5. The van der Waals surface area contributed by atoms with Gasteiger partial charge in [-0.1, -0.05) is 0 Å². The van der Waals surface area contributed by atoms with Crippen molar-refractivity contribution in [2.24, 2.45) is 4.99 Å². The summed E-state index contributed by atoms with van der Waals surface area (Å²) in [5.41, 5.74) is -0.504. The van der Waals surface area contributed by atoms with Crippen molar-refractivity contribution in [2.75, 3.05) is 38.5 Å². The van der Waals surface area contributed by atoms with E-state index in [1.807, 2.05) is 27.7 Å². The fourth-order valence-corrected chi connectivity index (χ4v) is 2.40. The first-order valence-corrected chi connectivity index (χ1v) is 10.7. The van der Waals surface area contributed by atoms with Crippen LogP contribution in [0, 0.1) is 0 Å². The molecule has 0 aromatic carbocycles. The number of carbonyl (C=O) groups is 1. The lowest BCUT2D eigenvalue weighted by molar-refractivity contribution is 0.0527. The minimum Gasteiger partial charge on any atom is -0.444 e. The van der Waals surface area contributed by atoms with Crippen LogP contribution in [0.15, 0.2) is 4.99 Å². The van der Waals surface area contributed by atoms with Crippen molar-refractivity contribution < 1.29 is 17.9 Å². The standard InChI is InChI=1S/C16H35N5O4S.HI/c1-6-17-14(19-11-9-13-21-26(23,24)7-2)18-10-8-12-20-15(22)25-16(3,4)5;/h21H,6-13H2,1-5H3,(H,20,22)(H2,17,18,19);1H. The molecule has 0 heterocycles. The Kier molecular flexibility index (Phi) is 15.9. The Labute approximate surface area is 180 Å². The number of guanidine groups is 1. The lowest BCUT2D eigenvalue weighted by atomic mass is 10.2. The van der Waals surface area contributed by atoms with Crippen LogP contribution in [0.1, 0.15) is 47.5 Å². The molecule has 0 atom stereocenters. The van der Waals surface area contributed by atoms with Crippen LogP contribution in [0.25, 0.3) is 0 Å². The van der Waals surface area contributed by atoms with Gasteiger partial charge in [0, 0.05) is 32.7 Å². The fraction of sp³-hybridized carbons (Fsp3) is 0.875. The molecule has 27 heavy (non-hydrogen) atoms. The van der Waals surface area contributed by atoms with E-state index in [4.69, 9.17) is 4.74 Å². The maximum Gasteiger partial charge on any atom is 0.407 e. The van der Waals surface area contributed by atoms with E-state index >= 15 is 0 Å². The highest BCUT2D eigenvalue weighted by atomic mass is 127. The number of aliphatic imine (C=N–C) groups is 1. The first kappa shape index (κ1) is 28.4. The van der Waals surface area contributed by atoms with E-state index in [0.29, 0.717) is 45.0 Å². The molecule has 0 aromatic rings. The van der Waals surface area contributed by atoms with E-state index in [-0.39, 0.29) is 29.7 Å². The van der Waals surface area contributed by atoms with E-state index in [1.54, 1.807) is 6.92 Å². The van der Waals surface area contributed by atoms with Crippen LogP contribution < -0.4 is 20.7 Å². The highest BCUT2D eigenvalue weighted by Gasteiger charge is 2.15. The van der Waals surface area contributed by atoms with Gasteiger partial charge in [0.1, 0.15) is 5.60 Å². The Hall–Kier alpha value is -0.820. The van der Waals surface area contributed by atoms with Gasteiger partial charge >= 0.3 is 6.09 Å². The van der Waals surface area contributed by atoms with Crippen molar-refractivity contribution >= 4 is 46.1 Å². The highest BCUT2D eigenvalue weighted by molar-refractivity contribution is 14.0. The monoisotopic (exact) mass is 521 g/mol. The van der Waals surface area contributed by atoms with Crippen LogP contribution in [0.2, 0.25) is 0 Å². The van der Waals surface area contributed by atoms with Gasteiger partial charge in [0.15, 0.2) is 5.96 Å².